The molecule has 0 radical (unpaired) electrons. The monoisotopic (exact) mass is 514 g/mol. The highest BCUT2D eigenvalue weighted by Crippen LogP contribution is 2.35. The van der Waals surface area contributed by atoms with Gasteiger partial charge in [0.25, 0.3) is 0 Å². The molecule has 38 heavy (non-hydrogen) atoms. The van der Waals surface area contributed by atoms with Crippen LogP contribution in [-0.4, -0.2) is 38.3 Å². The molecule has 0 amide bonds. The second kappa shape index (κ2) is 14.1. The molecule has 0 saturated heterocycles. The molecule has 0 aromatic heterocycles. The van der Waals surface area contributed by atoms with Crippen molar-refractivity contribution >= 4 is 34.1 Å². The first kappa shape index (κ1) is 29.4. The molecule has 3 aromatic carbocycles. The maximum atomic E-state index is 2.47. The Morgan fingerprint density at radius 2 is 0.605 bits per heavy atom. The maximum Gasteiger partial charge on any atom is 0.0414 e. The van der Waals surface area contributed by atoms with Crippen molar-refractivity contribution in [2.45, 2.75) is 80.3 Å². The fourth-order valence-corrected chi connectivity index (χ4v) is 5.28. The second-order valence-electron chi connectivity index (χ2n) is 10.1. The largest absolute Gasteiger partial charge is 0.372 e. The molecule has 0 N–H and O–H groups in total. The summed E-state index contributed by atoms with van der Waals surface area (Å²) in [6.07, 6.45) is 2.16. The van der Waals surface area contributed by atoms with E-state index in [-0.39, 0.29) is 0 Å². The highest BCUT2D eigenvalue weighted by molar-refractivity contribution is 5.72. The third-order valence-electron chi connectivity index (χ3n) is 7.98. The van der Waals surface area contributed by atoms with Crippen LogP contribution in [0.2, 0.25) is 0 Å². The molecule has 4 heteroatoms. The van der Waals surface area contributed by atoms with Crippen LogP contribution in [0.25, 0.3) is 0 Å². The van der Waals surface area contributed by atoms with E-state index in [0.717, 1.165) is 39.0 Å². The van der Waals surface area contributed by atoms with Crippen molar-refractivity contribution in [2.75, 3.05) is 45.8 Å². The van der Waals surface area contributed by atoms with E-state index < -0.39 is 0 Å². The quantitative estimate of drug-likeness (QED) is 0.212. The van der Waals surface area contributed by atoms with Crippen molar-refractivity contribution in [1.82, 2.24) is 0 Å². The lowest BCUT2D eigenvalue weighted by Crippen LogP contribution is -2.29. The minimum absolute atomic E-state index is 0.401. The Balaban J connectivity index is 1.93. The topological polar surface area (TPSA) is 13.0 Å². The number of hydrogen-bond donors (Lipinski definition) is 0. The Labute approximate surface area is 232 Å². The molecular weight excluding hydrogens is 464 g/mol. The summed E-state index contributed by atoms with van der Waals surface area (Å²) in [5.74, 6) is 0. The van der Waals surface area contributed by atoms with Crippen LogP contribution in [0.3, 0.4) is 0 Å². The molecule has 0 spiro atoms. The first-order valence-corrected chi connectivity index (χ1v) is 14.8. The van der Waals surface area contributed by atoms with E-state index in [4.69, 9.17) is 0 Å². The summed E-state index contributed by atoms with van der Waals surface area (Å²) in [5, 5.41) is 0. The van der Waals surface area contributed by atoms with Crippen molar-refractivity contribution in [3.8, 4) is 0 Å². The molecule has 0 aliphatic heterocycles. The summed E-state index contributed by atoms with van der Waals surface area (Å²) < 4.78 is 0. The first-order chi connectivity index (χ1) is 18.4. The lowest BCUT2D eigenvalue weighted by Gasteiger charge is -2.34. The molecule has 0 aliphatic rings. The first-order valence-electron chi connectivity index (χ1n) is 14.8. The number of hydrogen-bond acceptors (Lipinski definition) is 4. The number of anilines is 6. The van der Waals surface area contributed by atoms with Gasteiger partial charge in [0, 0.05) is 72.4 Å². The minimum Gasteiger partial charge on any atom is -0.372 e. The molecule has 0 aliphatic carbocycles. The van der Waals surface area contributed by atoms with E-state index in [1.165, 1.54) is 34.1 Å². The molecule has 0 bridgehead atoms. The van der Waals surface area contributed by atoms with Crippen LogP contribution in [0.4, 0.5) is 34.1 Å². The van der Waals surface area contributed by atoms with Gasteiger partial charge in [-0.1, -0.05) is 13.8 Å². The van der Waals surface area contributed by atoms with Gasteiger partial charge in [-0.3, -0.25) is 0 Å². The predicted octanol–water partition coefficient (Wildman–Crippen LogP) is 9.25. The zero-order valence-corrected chi connectivity index (χ0v) is 25.1. The van der Waals surface area contributed by atoms with Crippen molar-refractivity contribution in [2.24, 2.45) is 0 Å². The Hall–Kier alpha value is -3.14. The second-order valence-corrected chi connectivity index (χ2v) is 10.1. The SMILES string of the molecule is CCC(C)N(c1ccc(N(CC)CC)cc1)c1ccc(N(c2ccc(N(CC)CC)cc2)C(C)CC)cc1. The van der Waals surface area contributed by atoms with Gasteiger partial charge in [0.15, 0.2) is 0 Å². The van der Waals surface area contributed by atoms with Gasteiger partial charge in [-0.05, 0) is 127 Å². The maximum absolute atomic E-state index is 2.47. The van der Waals surface area contributed by atoms with Crippen LogP contribution in [-0.2, 0) is 0 Å². The van der Waals surface area contributed by atoms with Gasteiger partial charge in [-0.25, -0.2) is 0 Å². The van der Waals surface area contributed by atoms with Gasteiger partial charge in [0.2, 0.25) is 0 Å². The molecule has 3 rings (SSSR count). The smallest absolute Gasteiger partial charge is 0.0414 e. The molecule has 2 atom stereocenters. The molecule has 206 valence electrons. The van der Waals surface area contributed by atoms with Crippen molar-refractivity contribution in [1.29, 1.82) is 0 Å². The summed E-state index contributed by atoms with van der Waals surface area (Å²) in [7, 11) is 0. The van der Waals surface area contributed by atoms with Crippen LogP contribution in [0.5, 0.6) is 0 Å². The molecular formula is C34H50N4. The Kier molecular flexibility index (Phi) is 10.9. The average molecular weight is 515 g/mol. The highest BCUT2D eigenvalue weighted by atomic mass is 15.2. The van der Waals surface area contributed by atoms with E-state index >= 15 is 0 Å². The fraction of sp³-hybridized carbons (Fsp3) is 0.471. The summed E-state index contributed by atoms with van der Waals surface area (Å²) in [5.41, 5.74) is 7.53. The lowest BCUT2D eigenvalue weighted by atomic mass is 10.1. The number of benzene rings is 3. The van der Waals surface area contributed by atoms with Gasteiger partial charge >= 0.3 is 0 Å². The summed E-state index contributed by atoms with van der Waals surface area (Å²) >= 11 is 0. The number of rotatable bonds is 14. The van der Waals surface area contributed by atoms with Gasteiger partial charge in [0.1, 0.15) is 0 Å². The molecule has 2 unspecified atom stereocenters. The Bertz CT molecular complexity index is 978. The molecule has 3 aromatic rings. The average Bonchev–Trinajstić information content (AvgIpc) is 2.96. The molecule has 0 saturated carbocycles. The summed E-state index contributed by atoms with van der Waals surface area (Å²) in [6, 6.07) is 28.1. The van der Waals surface area contributed by atoms with Crippen LogP contribution >= 0.6 is 0 Å². The standard InChI is InChI=1S/C34H50N4/c1-9-27(7)37(31-19-15-29(16-20-31)35(11-3)12-4)33-23-25-34(26-24-33)38(28(8)10-2)32-21-17-30(18-22-32)36(13-5)14-6/h15-28H,9-14H2,1-8H3. The molecule has 0 heterocycles. The van der Waals surface area contributed by atoms with Crippen LogP contribution in [0.1, 0.15) is 68.2 Å². The van der Waals surface area contributed by atoms with Crippen LogP contribution < -0.4 is 19.6 Å². The van der Waals surface area contributed by atoms with Gasteiger partial charge in [-0.2, -0.15) is 0 Å². The third-order valence-corrected chi connectivity index (χ3v) is 7.98. The van der Waals surface area contributed by atoms with Gasteiger partial charge in [0.05, 0.1) is 0 Å². The zero-order valence-electron chi connectivity index (χ0n) is 25.1. The normalized spacial score (nSPS) is 12.6. The van der Waals surface area contributed by atoms with Crippen molar-refractivity contribution < 1.29 is 0 Å². The van der Waals surface area contributed by atoms with E-state index in [9.17, 15) is 0 Å². The summed E-state index contributed by atoms with van der Waals surface area (Å²) in [4.78, 5) is 9.74. The van der Waals surface area contributed by atoms with Gasteiger partial charge < -0.3 is 19.6 Å². The van der Waals surface area contributed by atoms with Crippen LogP contribution in [0.15, 0.2) is 72.8 Å². The Morgan fingerprint density at radius 1 is 0.395 bits per heavy atom. The van der Waals surface area contributed by atoms with Crippen LogP contribution in [0, 0.1) is 0 Å². The van der Waals surface area contributed by atoms with E-state index in [1.54, 1.807) is 0 Å². The zero-order chi connectivity index (χ0) is 27.7. The predicted molar refractivity (Wildman–Crippen MR) is 170 cm³/mol. The molecule has 4 nitrogen and oxygen atoms in total. The van der Waals surface area contributed by atoms with E-state index in [1.807, 2.05) is 0 Å². The lowest BCUT2D eigenvalue weighted by molar-refractivity contribution is 0.684. The van der Waals surface area contributed by atoms with Crippen molar-refractivity contribution in [3.05, 3.63) is 72.8 Å². The third kappa shape index (κ3) is 6.64. The molecule has 0 fully saturated rings. The van der Waals surface area contributed by atoms with Crippen molar-refractivity contribution in [3.63, 3.8) is 0 Å². The summed E-state index contributed by atoms with van der Waals surface area (Å²) in [6.45, 7) is 22.1. The van der Waals surface area contributed by atoms with E-state index in [0.29, 0.717) is 12.1 Å². The minimum atomic E-state index is 0.401. The number of nitrogens with zero attached hydrogens (tertiary/aromatic N) is 4. The van der Waals surface area contributed by atoms with Gasteiger partial charge in [-0.15, -0.1) is 0 Å². The fourth-order valence-electron chi connectivity index (χ4n) is 5.28. The van der Waals surface area contributed by atoms with E-state index in [2.05, 4.69) is 148 Å². The Morgan fingerprint density at radius 3 is 0.789 bits per heavy atom. The highest BCUT2D eigenvalue weighted by Gasteiger charge is 2.19.